The molecule has 7 nitrogen and oxygen atoms in total. The Morgan fingerprint density at radius 2 is 2.00 bits per heavy atom. The molecule has 140 valence electrons. The van der Waals surface area contributed by atoms with Crippen molar-refractivity contribution in [3.8, 4) is 11.5 Å². The van der Waals surface area contributed by atoms with E-state index in [0.29, 0.717) is 30.2 Å². The first-order valence-corrected chi connectivity index (χ1v) is 8.66. The van der Waals surface area contributed by atoms with Crippen LogP contribution >= 0.6 is 0 Å². The van der Waals surface area contributed by atoms with Gasteiger partial charge >= 0.3 is 0 Å². The Labute approximate surface area is 150 Å². The molecule has 0 saturated carbocycles. The van der Waals surface area contributed by atoms with Gasteiger partial charge < -0.3 is 25.3 Å². The van der Waals surface area contributed by atoms with Gasteiger partial charge in [-0.05, 0) is 18.1 Å². The maximum absolute atomic E-state index is 6.10. The minimum atomic E-state index is 0.344. The van der Waals surface area contributed by atoms with Crippen molar-refractivity contribution >= 4 is 11.6 Å². The highest BCUT2D eigenvalue weighted by Gasteiger charge is 2.23. The molecule has 0 radical (unpaired) electrons. The zero-order chi connectivity index (χ0) is 18.2. The van der Waals surface area contributed by atoms with E-state index in [0.717, 1.165) is 37.7 Å². The Bertz CT molecular complexity index is 571. The molecule has 0 aliphatic carbocycles. The van der Waals surface area contributed by atoms with Crippen LogP contribution in [0.1, 0.15) is 13.8 Å². The van der Waals surface area contributed by atoms with Crippen molar-refractivity contribution in [3.63, 3.8) is 0 Å². The summed E-state index contributed by atoms with van der Waals surface area (Å²) in [7, 11) is 3.24. The largest absolute Gasteiger partial charge is 0.497 e. The van der Waals surface area contributed by atoms with Crippen LogP contribution in [-0.2, 0) is 4.74 Å². The molecule has 0 amide bonds. The summed E-state index contributed by atoms with van der Waals surface area (Å²) in [5.41, 5.74) is 6.83. The number of ether oxygens (including phenoxy) is 3. The average Bonchev–Trinajstić information content (AvgIpc) is 2.62. The number of methoxy groups -OCH3 is 2. The normalized spacial score (nSPS) is 17.4. The molecule has 1 aromatic carbocycles. The van der Waals surface area contributed by atoms with Crippen molar-refractivity contribution < 1.29 is 14.2 Å². The van der Waals surface area contributed by atoms with Crippen molar-refractivity contribution in [1.82, 2.24) is 4.90 Å². The number of nitrogens with one attached hydrogen (secondary N) is 1. The predicted molar refractivity (Wildman–Crippen MR) is 101 cm³/mol. The van der Waals surface area contributed by atoms with Gasteiger partial charge in [0, 0.05) is 25.2 Å². The van der Waals surface area contributed by atoms with Crippen LogP contribution in [0.25, 0.3) is 0 Å². The van der Waals surface area contributed by atoms with Gasteiger partial charge in [-0.3, -0.25) is 9.89 Å². The smallest absolute Gasteiger partial charge is 0.193 e. The minimum Gasteiger partial charge on any atom is -0.497 e. The highest BCUT2D eigenvalue weighted by atomic mass is 16.5. The summed E-state index contributed by atoms with van der Waals surface area (Å²) >= 11 is 0. The van der Waals surface area contributed by atoms with E-state index in [-0.39, 0.29) is 0 Å². The summed E-state index contributed by atoms with van der Waals surface area (Å²) in [5.74, 6) is 2.27. The van der Waals surface area contributed by atoms with Gasteiger partial charge in [0.2, 0.25) is 0 Å². The van der Waals surface area contributed by atoms with Gasteiger partial charge in [-0.1, -0.05) is 13.8 Å². The van der Waals surface area contributed by atoms with Gasteiger partial charge in [0.05, 0.1) is 39.7 Å². The minimum absolute atomic E-state index is 0.344. The van der Waals surface area contributed by atoms with Crippen LogP contribution in [0.2, 0.25) is 0 Å². The second-order valence-electron chi connectivity index (χ2n) is 6.38. The summed E-state index contributed by atoms with van der Waals surface area (Å²) < 4.78 is 16.0. The lowest BCUT2D eigenvalue weighted by atomic mass is 10.0. The van der Waals surface area contributed by atoms with Crippen molar-refractivity contribution in [2.75, 3.05) is 52.4 Å². The Morgan fingerprint density at radius 3 is 2.60 bits per heavy atom. The van der Waals surface area contributed by atoms with Crippen LogP contribution in [0.15, 0.2) is 23.2 Å². The van der Waals surface area contributed by atoms with Crippen molar-refractivity contribution in [1.29, 1.82) is 0 Å². The molecule has 7 heteroatoms. The van der Waals surface area contributed by atoms with Crippen LogP contribution in [0.5, 0.6) is 11.5 Å². The van der Waals surface area contributed by atoms with E-state index in [2.05, 4.69) is 29.1 Å². The van der Waals surface area contributed by atoms with Crippen LogP contribution in [0.3, 0.4) is 0 Å². The average molecular weight is 350 g/mol. The molecule has 25 heavy (non-hydrogen) atoms. The van der Waals surface area contributed by atoms with Crippen LogP contribution in [-0.4, -0.2) is 64.0 Å². The fourth-order valence-corrected chi connectivity index (χ4v) is 2.94. The lowest BCUT2D eigenvalue weighted by Gasteiger charge is -2.36. The second-order valence-corrected chi connectivity index (χ2v) is 6.38. The monoisotopic (exact) mass is 350 g/mol. The van der Waals surface area contributed by atoms with Crippen LogP contribution < -0.4 is 20.5 Å². The Balaban J connectivity index is 2.04. The van der Waals surface area contributed by atoms with E-state index in [1.54, 1.807) is 14.2 Å². The van der Waals surface area contributed by atoms with E-state index in [4.69, 9.17) is 19.9 Å². The summed E-state index contributed by atoms with van der Waals surface area (Å²) in [5, 5.41) is 3.11. The van der Waals surface area contributed by atoms with Gasteiger partial charge in [0.1, 0.15) is 11.5 Å². The summed E-state index contributed by atoms with van der Waals surface area (Å²) in [6.45, 7) is 8.51. The molecule has 1 aliphatic rings. The summed E-state index contributed by atoms with van der Waals surface area (Å²) in [4.78, 5) is 6.98. The Morgan fingerprint density at radius 1 is 1.28 bits per heavy atom. The SMILES string of the molecule is COc1ccc(OC)c(NC(N)=NCC(C(C)C)N2CCOCC2)c1. The molecule has 0 spiro atoms. The number of benzene rings is 1. The molecule has 1 saturated heterocycles. The third kappa shape index (κ3) is 5.51. The topological polar surface area (TPSA) is 81.3 Å². The maximum Gasteiger partial charge on any atom is 0.193 e. The third-order valence-electron chi connectivity index (χ3n) is 4.40. The molecule has 1 aliphatic heterocycles. The number of guanidine groups is 1. The Hall–Kier alpha value is -1.99. The molecule has 2 rings (SSSR count). The van der Waals surface area contributed by atoms with Gasteiger partial charge in [0.15, 0.2) is 5.96 Å². The zero-order valence-corrected chi connectivity index (χ0v) is 15.6. The van der Waals surface area contributed by atoms with Gasteiger partial charge in [-0.25, -0.2) is 0 Å². The number of hydrogen-bond donors (Lipinski definition) is 2. The van der Waals surface area contributed by atoms with Gasteiger partial charge in [-0.2, -0.15) is 0 Å². The molecule has 3 N–H and O–H groups in total. The highest BCUT2D eigenvalue weighted by Crippen LogP contribution is 2.28. The molecule has 1 heterocycles. The third-order valence-corrected chi connectivity index (χ3v) is 4.40. The molecule has 0 aromatic heterocycles. The first-order chi connectivity index (χ1) is 12.0. The number of hydrogen-bond acceptors (Lipinski definition) is 5. The second kappa shape index (κ2) is 9.48. The molecule has 1 atom stereocenters. The highest BCUT2D eigenvalue weighted by molar-refractivity contribution is 5.94. The quantitative estimate of drug-likeness (QED) is 0.576. The zero-order valence-electron chi connectivity index (χ0n) is 15.6. The number of morpholine rings is 1. The standard InChI is InChI=1S/C18H30N4O3/c1-13(2)16(22-7-9-25-10-8-22)12-20-18(19)21-15-11-14(23-3)5-6-17(15)24-4/h5-6,11,13,16H,7-10,12H2,1-4H3,(H3,19,20,21). The fourth-order valence-electron chi connectivity index (χ4n) is 2.94. The first-order valence-electron chi connectivity index (χ1n) is 8.66. The van der Waals surface area contributed by atoms with E-state index < -0.39 is 0 Å². The van der Waals surface area contributed by atoms with Gasteiger partial charge in [0.25, 0.3) is 0 Å². The number of aliphatic imine (C=N–C) groups is 1. The van der Waals surface area contributed by atoms with Gasteiger partial charge in [-0.15, -0.1) is 0 Å². The van der Waals surface area contributed by atoms with E-state index in [9.17, 15) is 0 Å². The molecule has 1 fully saturated rings. The predicted octanol–water partition coefficient (Wildman–Crippen LogP) is 1.79. The van der Waals surface area contributed by atoms with Crippen LogP contribution in [0, 0.1) is 5.92 Å². The Kier molecular flexibility index (Phi) is 7.33. The number of anilines is 1. The van der Waals surface area contributed by atoms with E-state index in [1.807, 2.05) is 18.2 Å². The summed E-state index contributed by atoms with van der Waals surface area (Å²) in [6.07, 6.45) is 0. The first kappa shape index (κ1) is 19.3. The number of nitrogens with zero attached hydrogens (tertiary/aromatic N) is 2. The molecule has 1 aromatic rings. The molecular weight excluding hydrogens is 320 g/mol. The molecule has 0 bridgehead atoms. The van der Waals surface area contributed by atoms with Crippen molar-refractivity contribution in [2.45, 2.75) is 19.9 Å². The van der Waals surface area contributed by atoms with E-state index >= 15 is 0 Å². The molecule has 1 unspecified atom stereocenters. The maximum atomic E-state index is 6.10. The van der Waals surface area contributed by atoms with Crippen LogP contribution in [0.4, 0.5) is 5.69 Å². The van der Waals surface area contributed by atoms with Crippen molar-refractivity contribution in [2.24, 2.45) is 16.6 Å². The van der Waals surface area contributed by atoms with E-state index in [1.165, 1.54) is 0 Å². The lowest BCUT2D eigenvalue weighted by Crippen LogP contribution is -2.47. The fraction of sp³-hybridized carbons (Fsp3) is 0.611. The number of rotatable bonds is 7. The van der Waals surface area contributed by atoms with Crippen molar-refractivity contribution in [3.05, 3.63) is 18.2 Å². The molecular formula is C18H30N4O3. The number of nitrogens with two attached hydrogens (primary N) is 1. The summed E-state index contributed by atoms with van der Waals surface area (Å²) in [6, 6.07) is 5.85. The lowest BCUT2D eigenvalue weighted by molar-refractivity contribution is 0.00870.